The Morgan fingerprint density at radius 1 is 1.53 bits per heavy atom. The van der Waals surface area contributed by atoms with Gasteiger partial charge in [-0.1, -0.05) is 28.9 Å². The van der Waals surface area contributed by atoms with Crippen LogP contribution in [-0.2, 0) is 5.41 Å². The average molecular weight is 274 g/mol. The first-order valence-electron chi connectivity index (χ1n) is 4.73. The fourth-order valence-electron chi connectivity index (χ4n) is 1.51. The van der Waals surface area contributed by atoms with E-state index in [2.05, 4.69) is 15.9 Å². The summed E-state index contributed by atoms with van der Waals surface area (Å²) < 4.78 is 6.19. The van der Waals surface area contributed by atoms with Crippen molar-refractivity contribution in [2.75, 3.05) is 20.3 Å². The van der Waals surface area contributed by atoms with E-state index in [1.54, 1.807) is 7.11 Å². The van der Waals surface area contributed by atoms with Gasteiger partial charge < -0.3 is 15.6 Å². The Kier molecular flexibility index (Phi) is 4.13. The van der Waals surface area contributed by atoms with Gasteiger partial charge in [0, 0.05) is 22.0 Å². The molecule has 0 aliphatic rings. The smallest absolute Gasteiger partial charge is 0.123 e. The minimum atomic E-state index is -0.481. The molecular weight excluding hydrogens is 258 g/mol. The molecule has 0 saturated heterocycles. The molecule has 1 unspecified atom stereocenters. The molecule has 0 aliphatic heterocycles. The highest BCUT2D eigenvalue weighted by Gasteiger charge is 2.29. The number of hydrogen-bond donors (Lipinski definition) is 2. The second-order valence-electron chi connectivity index (χ2n) is 3.74. The molecule has 0 bridgehead atoms. The minimum absolute atomic E-state index is 0.0114. The van der Waals surface area contributed by atoms with E-state index < -0.39 is 5.41 Å². The first-order valence-corrected chi connectivity index (χ1v) is 5.52. The summed E-state index contributed by atoms with van der Waals surface area (Å²) in [5.41, 5.74) is 6.14. The Bertz CT molecular complexity index is 337. The molecule has 1 aromatic rings. The van der Waals surface area contributed by atoms with Gasteiger partial charge in [-0.25, -0.2) is 0 Å². The van der Waals surface area contributed by atoms with Crippen LogP contribution in [0.15, 0.2) is 22.7 Å². The fraction of sp³-hybridized carbons (Fsp3) is 0.455. The van der Waals surface area contributed by atoms with Gasteiger partial charge in [-0.05, 0) is 12.1 Å². The monoisotopic (exact) mass is 273 g/mol. The summed E-state index contributed by atoms with van der Waals surface area (Å²) >= 11 is 3.46. The highest BCUT2D eigenvalue weighted by molar-refractivity contribution is 9.10. The Morgan fingerprint density at radius 2 is 2.20 bits per heavy atom. The maximum atomic E-state index is 9.43. The van der Waals surface area contributed by atoms with E-state index >= 15 is 0 Å². The zero-order valence-electron chi connectivity index (χ0n) is 8.96. The third kappa shape index (κ3) is 2.33. The molecule has 0 aliphatic carbocycles. The van der Waals surface area contributed by atoms with Gasteiger partial charge in [0.05, 0.1) is 13.7 Å². The molecule has 1 aromatic carbocycles. The van der Waals surface area contributed by atoms with Crippen LogP contribution in [0.2, 0.25) is 0 Å². The molecule has 3 N–H and O–H groups in total. The van der Waals surface area contributed by atoms with Crippen LogP contribution in [0.1, 0.15) is 12.5 Å². The summed E-state index contributed by atoms with van der Waals surface area (Å²) in [4.78, 5) is 0. The van der Waals surface area contributed by atoms with E-state index in [0.717, 1.165) is 15.8 Å². The maximum absolute atomic E-state index is 9.43. The molecule has 0 aromatic heterocycles. The number of ether oxygens (including phenoxy) is 1. The van der Waals surface area contributed by atoms with Crippen LogP contribution in [0, 0.1) is 0 Å². The molecule has 0 spiro atoms. The summed E-state index contributed by atoms with van der Waals surface area (Å²) in [7, 11) is 1.61. The lowest BCUT2D eigenvalue weighted by molar-refractivity contribution is 0.206. The zero-order chi connectivity index (χ0) is 11.5. The first-order chi connectivity index (χ1) is 7.09. The molecular formula is C11H16BrNO2. The third-order valence-electron chi connectivity index (χ3n) is 2.60. The van der Waals surface area contributed by atoms with Crippen LogP contribution in [0.3, 0.4) is 0 Å². The van der Waals surface area contributed by atoms with Crippen LogP contribution < -0.4 is 10.5 Å². The summed E-state index contributed by atoms with van der Waals surface area (Å²) in [6, 6.07) is 5.67. The van der Waals surface area contributed by atoms with E-state index in [0.29, 0.717) is 6.54 Å². The maximum Gasteiger partial charge on any atom is 0.123 e. The number of hydrogen-bond acceptors (Lipinski definition) is 3. The summed E-state index contributed by atoms with van der Waals surface area (Å²) in [6.45, 7) is 2.26. The summed E-state index contributed by atoms with van der Waals surface area (Å²) in [6.07, 6.45) is 0. The Balaban J connectivity index is 3.33. The van der Waals surface area contributed by atoms with Crippen molar-refractivity contribution in [2.45, 2.75) is 12.3 Å². The van der Waals surface area contributed by atoms with E-state index in [1.165, 1.54) is 0 Å². The van der Waals surface area contributed by atoms with Crippen LogP contribution in [0.4, 0.5) is 0 Å². The van der Waals surface area contributed by atoms with Gasteiger partial charge in [-0.3, -0.25) is 0 Å². The van der Waals surface area contributed by atoms with Gasteiger partial charge in [0.1, 0.15) is 5.75 Å². The minimum Gasteiger partial charge on any atom is -0.496 e. The molecule has 15 heavy (non-hydrogen) atoms. The number of rotatable bonds is 4. The fourth-order valence-corrected chi connectivity index (χ4v) is 2.33. The highest BCUT2D eigenvalue weighted by atomic mass is 79.9. The van der Waals surface area contributed by atoms with Crippen LogP contribution in [-0.4, -0.2) is 25.4 Å². The Morgan fingerprint density at radius 3 is 2.67 bits per heavy atom. The van der Waals surface area contributed by atoms with Gasteiger partial charge >= 0.3 is 0 Å². The van der Waals surface area contributed by atoms with Gasteiger partial charge in [0.2, 0.25) is 0 Å². The predicted molar refractivity (Wildman–Crippen MR) is 64.2 cm³/mol. The summed E-state index contributed by atoms with van der Waals surface area (Å²) in [5, 5.41) is 9.43. The van der Waals surface area contributed by atoms with Crippen LogP contribution in [0.5, 0.6) is 5.75 Å². The van der Waals surface area contributed by atoms with E-state index in [9.17, 15) is 5.11 Å². The van der Waals surface area contributed by atoms with Crippen LogP contribution >= 0.6 is 15.9 Å². The molecule has 3 nitrogen and oxygen atoms in total. The SMILES string of the molecule is COc1cccc(Br)c1C(C)(CN)CO. The molecule has 4 heteroatoms. The Labute approximate surface area is 98.4 Å². The lowest BCUT2D eigenvalue weighted by Crippen LogP contribution is -2.36. The van der Waals surface area contributed by atoms with Crippen LogP contribution in [0.25, 0.3) is 0 Å². The molecule has 0 heterocycles. The second kappa shape index (κ2) is 4.96. The summed E-state index contributed by atoms with van der Waals surface area (Å²) in [5.74, 6) is 0.742. The normalized spacial score (nSPS) is 14.7. The number of halogens is 1. The standard InChI is InChI=1S/C11H16BrNO2/c1-11(6-13,7-14)10-8(12)4-3-5-9(10)15-2/h3-5,14H,6-7,13H2,1-2H3. The van der Waals surface area contributed by atoms with Crippen molar-refractivity contribution in [3.63, 3.8) is 0 Å². The molecule has 1 atom stereocenters. The van der Waals surface area contributed by atoms with Gasteiger partial charge in [0.25, 0.3) is 0 Å². The third-order valence-corrected chi connectivity index (χ3v) is 3.26. The number of aliphatic hydroxyl groups is 1. The largest absolute Gasteiger partial charge is 0.496 e. The average Bonchev–Trinajstić information content (AvgIpc) is 2.27. The van der Waals surface area contributed by atoms with E-state index in [-0.39, 0.29) is 6.61 Å². The number of methoxy groups -OCH3 is 1. The van der Waals surface area contributed by atoms with E-state index in [1.807, 2.05) is 25.1 Å². The number of nitrogens with two attached hydrogens (primary N) is 1. The zero-order valence-corrected chi connectivity index (χ0v) is 10.5. The van der Waals surface area contributed by atoms with Crippen molar-refractivity contribution in [1.29, 1.82) is 0 Å². The van der Waals surface area contributed by atoms with Gasteiger partial charge in [0.15, 0.2) is 0 Å². The lowest BCUT2D eigenvalue weighted by Gasteiger charge is -2.28. The van der Waals surface area contributed by atoms with E-state index in [4.69, 9.17) is 10.5 Å². The molecule has 0 saturated carbocycles. The molecule has 0 radical (unpaired) electrons. The molecule has 1 rings (SSSR count). The van der Waals surface area contributed by atoms with Gasteiger partial charge in [-0.2, -0.15) is 0 Å². The Hall–Kier alpha value is -0.580. The molecule has 0 fully saturated rings. The number of aliphatic hydroxyl groups excluding tert-OH is 1. The van der Waals surface area contributed by atoms with Gasteiger partial charge in [-0.15, -0.1) is 0 Å². The van der Waals surface area contributed by atoms with Crippen molar-refractivity contribution < 1.29 is 9.84 Å². The quantitative estimate of drug-likeness (QED) is 0.878. The van der Waals surface area contributed by atoms with Crippen molar-refractivity contribution in [3.05, 3.63) is 28.2 Å². The predicted octanol–water partition coefficient (Wildman–Crippen LogP) is 1.67. The van der Waals surface area contributed by atoms with Crippen molar-refractivity contribution in [1.82, 2.24) is 0 Å². The van der Waals surface area contributed by atoms with Crippen molar-refractivity contribution >= 4 is 15.9 Å². The first kappa shape index (κ1) is 12.5. The highest BCUT2D eigenvalue weighted by Crippen LogP contribution is 2.36. The topological polar surface area (TPSA) is 55.5 Å². The molecule has 84 valence electrons. The van der Waals surface area contributed by atoms with Crippen molar-refractivity contribution in [2.24, 2.45) is 5.73 Å². The lowest BCUT2D eigenvalue weighted by atomic mass is 9.83. The van der Waals surface area contributed by atoms with Crippen molar-refractivity contribution in [3.8, 4) is 5.75 Å². The second-order valence-corrected chi connectivity index (χ2v) is 4.59. The molecule has 0 amide bonds. The number of benzene rings is 1.